The zero-order chi connectivity index (χ0) is 25.6. The summed E-state index contributed by atoms with van der Waals surface area (Å²) >= 11 is 0. The van der Waals surface area contributed by atoms with Crippen molar-refractivity contribution in [2.75, 3.05) is 26.3 Å². The number of nitrogens with zero attached hydrogens (tertiary/aromatic N) is 3. The van der Waals surface area contributed by atoms with Crippen LogP contribution in [-0.4, -0.2) is 64.1 Å². The van der Waals surface area contributed by atoms with Crippen LogP contribution in [0.25, 0.3) is 11.0 Å². The Kier molecular flexibility index (Phi) is 6.50. The summed E-state index contributed by atoms with van der Waals surface area (Å²) in [5.41, 5.74) is 1.71. The first kappa shape index (κ1) is 24.5. The molecule has 7 nitrogen and oxygen atoms in total. The summed E-state index contributed by atoms with van der Waals surface area (Å²) in [6.45, 7) is 2.90. The smallest absolute Gasteiger partial charge is 0.380 e. The van der Waals surface area contributed by atoms with E-state index in [2.05, 4.69) is 19.9 Å². The average molecular weight is 515 g/mol. The zero-order valence-electron chi connectivity index (χ0n) is 20.3. The lowest BCUT2D eigenvalue weighted by Gasteiger charge is -2.24. The third-order valence-electron chi connectivity index (χ3n) is 7.86. The number of benzene rings is 1. The highest BCUT2D eigenvalue weighted by molar-refractivity contribution is 5.83. The van der Waals surface area contributed by atoms with Crippen LogP contribution in [0, 0.1) is 5.92 Å². The van der Waals surface area contributed by atoms with Gasteiger partial charge >= 0.3 is 6.18 Å². The number of ketones is 1. The van der Waals surface area contributed by atoms with Gasteiger partial charge in [-0.05, 0) is 48.6 Å². The fourth-order valence-corrected chi connectivity index (χ4v) is 6.03. The van der Waals surface area contributed by atoms with Gasteiger partial charge in [0.05, 0.1) is 36.3 Å². The number of imidazole rings is 1. The van der Waals surface area contributed by atoms with Crippen LogP contribution in [0.4, 0.5) is 13.2 Å². The highest BCUT2D eigenvalue weighted by Gasteiger charge is 2.41. The number of hydrogen-bond acceptors (Lipinski definition) is 6. The maximum atomic E-state index is 13.4. The largest absolute Gasteiger partial charge is 0.418 e. The van der Waals surface area contributed by atoms with Crippen LogP contribution in [-0.2, 0) is 33.3 Å². The van der Waals surface area contributed by atoms with Crippen molar-refractivity contribution in [3.8, 4) is 0 Å². The molecule has 3 aromatic rings. The van der Waals surface area contributed by atoms with E-state index in [4.69, 9.17) is 9.47 Å². The Hall–Kier alpha value is -2.82. The molecule has 2 aliphatic heterocycles. The summed E-state index contributed by atoms with van der Waals surface area (Å²) in [5, 5.41) is 0. The Morgan fingerprint density at radius 1 is 1.22 bits per heavy atom. The van der Waals surface area contributed by atoms with E-state index in [9.17, 15) is 18.0 Å². The number of alkyl halides is 3. The first-order valence-electron chi connectivity index (χ1n) is 12.8. The van der Waals surface area contributed by atoms with Crippen molar-refractivity contribution in [1.29, 1.82) is 0 Å². The first-order chi connectivity index (χ1) is 17.8. The summed E-state index contributed by atoms with van der Waals surface area (Å²) in [5.74, 6) is 0.186. The molecule has 10 heteroatoms. The Morgan fingerprint density at radius 2 is 2.11 bits per heavy atom. The zero-order valence-corrected chi connectivity index (χ0v) is 20.3. The SMILES string of the molecule is O=C(Cc1nc2c(C(F)(F)F)cccc2[nH]1)CC1CN(C2CCOC2)C[C@@H]1OC1CCc2cnccc21. The number of aromatic nitrogens is 3. The number of hydrogen-bond donors (Lipinski definition) is 1. The molecule has 2 saturated heterocycles. The van der Waals surface area contributed by atoms with Gasteiger partial charge in [0.25, 0.3) is 0 Å². The monoisotopic (exact) mass is 514 g/mol. The van der Waals surface area contributed by atoms with Gasteiger partial charge in [-0.3, -0.25) is 14.7 Å². The number of aromatic amines is 1. The fourth-order valence-electron chi connectivity index (χ4n) is 6.03. The molecule has 0 amide bonds. The molecule has 2 aromatic heterocycles. The van der Waals surface area contributed by atoms with Crippen molar-refractivity contribution in [3.63, 3.8) is 0 Å². The lowest BCUT2D eigenvalue weighted by molar-refractivity contribution is -0.136. The van der Waals surface area contributed by atoms with Gasteiger partial charge in [0, 0.05) is 50.5 Å². The van der Waals surface area contributed by atoms with E-state index in [1.54, 1.807) is 12.3 Å². The maximum Gasteiger partial charge on any atom is 0.418 e. The van der Waals surface area contributed by atoms with E-state index in [0.29, 0.717) is 12.6 Å². The minimum absolute atomic E-state index is 0.00546. The normalized spacial score (nSPS) is 26.2. The van der Waals surface area contributed by atoms with Gasteiger partial charge in [-0.2, -0.15) is 13.2 Å². The van der Waals surface area contributed by atoms with E-state index in [1.165, 1.54) is 17.2 Å². The van der Waals surface area contributed by atoms with Crippen molar-refractivity contribution in [2.45, 2.75) is 56.5 Å². The summed E-state index contributed by atoms with van der Waals surface area (Å²) in [6.07, 6.45) is 2.08. The van der Waals surface area contributed by atoms with Crippen LogP contribution >= 0.6 is 0 Å². The molecule has 0 radical (unpaired) electrons. The van der Waals surface area contributed by atoms with E-state index < -0.39 is 11.7 Å². The third-order valence-corrected chi connectivity index (χ3v) is 7.86. The van der Waals surface area contributed by atoms with Crippen LogP contribution in [0.5, 0.6) is 0 Å². The summed E-state index contributed by atoms with van der Waals surface area (Å²) in [7, 11) is 0. The number of rotatable bonds is 7. The van der Waals surface area contributed by atoms with Gasteiger partial charge in [0.1, 0.15) is 17.1 Å². The van der Waals surface area contributed by atoms with Gasteiger partial charge in [-0.1, -0.05) is 6.07 Å². The van der Waals surface area contributed by atoms with E-state index >= 15 is 0 Å². The number of halogens is 3. The number of carbonyl (C=O) groups is 1. The molecule has 3 unspecified atom stereocenters. The molecule has 4 atom stereocenters. The number of Topliss-reactive ketones (excluding diaryl/α,β-unsaturated/α-hetero) is 1. The lowest BCUT2D eigenvalue weighted by atomic mass is 9.97. The van der Waals surface area contributed by atoms with Crippen molar-refractivity contribution < 1.29 is 27.4 Å². The summed E-state index contributed by atoms with van der Waals surface area (Å²) < 4.78 is 52.4. The number of ether oxygens (including phenoxy) is 2. The van der Waals surface area contributed by atoms with Crippen molar-refractivity contribution in [2.24, 2.45) is 5.92 Å². The molecule has 4 heterocycles. The van der Waals surface area contributed by atoms with Gasteiger partial charge < -0.3 is 14.5 Å². The number of para-hydroxylation sites is 1. The molecule has 1 N–H and O–H groups in total. The second-order valence-electron chi connectivity index (χ2n) is 10.3. The standard InChI is InChI=1S/C27H29F3N4O3/c28-27(29,30)21-2-1-3-22-26(21)33-25(32-22)11-19(35)10-17-13-34(18-7-9-36-15-18)14-24(17)37-23-5-4-16-12-31-8-6-20(16)23/h1-3,6,8,12,17-18,23-24H,4-5,7,9-11,13-15H2,(H,32,33)/t17?,18?,23?,24-/m0/s1. The predicted molar refractivity (Wildman–Crippen MR) is 129 cm³/mol. The molecule has 0 spiro atoms. The second-order valence-corrected chi connectivity index (χ2v) is 10.3. The Balaban J connectivity index is 1.17. The number of carbonyl (C=O) groups excluding carboxylic acids is 1. The molecule has 1 aromatic carbocycles. The molecule has 196 valence electrons. The minimum atomic E-state index is -4.51. The average Bonchev–Trinajstić information content (AvgIpc) is 3.65. The number of nitrogens with one attached hydrogen (secondary N) is 1. The highest BCUT2D eigenvalue weighted by Crippen LogP contribution is 2.38. The van der Waals surface area contributed by atoms with E-state index in [0.717, 1.165) is 45.0 Å². The highest BCUT2D eigenvalue weighted by atomic mass is 19.4. The van der Waals surface area contributed by atoms with E-state index in [1.807, 2.05) is 12.3 Å². The molecular formula is C27H29F3N4O3. The van der Waals surface area contributed by atoms with E-state index in [-0.39, 0.29) is 53.6 Å². The van der Waals surface area contributed by atoms with Gasteiger partial charge in [-0.25, -0.2) is 4.98 Å². The number of fused-ring (bicyclic) bond motifs is 2. The second kappa shape index (κ2) is 9.81. The Labute approximate surface area is 212 Å². The predicted octanol–water partition coefficient (Wildman–Crippen LogP) is 4.27. The van der Waals surface area contributed by atoms with Crippen molar-refractivity contribution in [3.05, 3.63) is 59.2 Å². The number of aryl methyl sites for hydroxylation is 1. The third kappa shape index (κ3) is 5.02. The van der Waals surface area contributed by atoms with Crippen LogP contribution < -0.4 is 0 Å². The number of H-pyrrole nitrogens is 1. The number of pyridine rings is 1. The Bertz CT molecular complexity index is 1290. The molecule has 0 bridgehead atoms. The molecule has 3 aliphatic rings. The summed E-state index contributed by atoms with van der Waals surface area (Å²) in [4.78, 5) is 26.8. The Morgan fingerprint density at radius 3 is 2.92 bits per heavy atom. The van der Waals surface area contributed by atoms with Crippen molar-refractivity contribution in [1.82, 2.24) is 19.9 Å². The molecular weight excluding hydrogens is 485 g/mol. The topological polar surface area (TPSA) is 80.3 Å². The summed E-state index contributed by atoms with van der Waals surface area (Å²) in [6, 6.07) is 6.23. The van der Waals surface area contributed by atoms with Gasteiger partial charge in [0.15, 0.2) is 0 Å². The molecule has 0 saturated carbocycles. The maximum absolute atomic E-state index is 13.4. The van der Waals surface area contributed by atoms with Crippen LogP contribution in [0.3, 0.4) is 0 Å². The van der Waals surface area contributed by atoms with Crippen LogP contribution in [0.2, 0.25) is 0 Å². The quantitative estimate of drug-likeness (QED) is 0.507. The molecule has 37 heavy (non-hydrogen) atoms. The first-order valence-corrected chi connectivity index (χ1v) is 12.8. The van der Waals surface area contributed by atoms with Crippen molar-refractivity contribution >= 4 is 16.8 Å². The van der Waals surface area contributed by atoms with Gasteiger partial charge in [-0.15, -0.1) is 0 Å². The van der Waals surface area contributed by atoms with Crippen LogP contribution in [0.15, 0.2) is 36.7 Å². The molecule has 6 rings (SSSR count). The number of likely N-dealkylation sites (tertiary alicyclic amines) is 1. The van der Waals surface area contributed by atoms with Gasteiger partial charge in [0.2, 0.25) is 0 Å². The lowest BCUT2D eigenvalue weighted by Crippen LogP contribution is -2.34. The van der Waals surface area contributed by atoms with Crippen LogP contribution in [0.1, 0.15) is 47.9 Å². The minimum Gasteiger partial charge on any atom is -0.380 e. The fraction of sp³-hybridized carbons (Fsp3) is 0.519. The molecule has 2 fully saturated rings. The molecule has 1 aliphatic carbocycles.